The number of anilines is 2. The van der Waals surface area contributed by atoms with Crippen molar-refractivity contribution in [1.82, 2.24) is 9.97 Å². The van der Waals surface area contributed by atoms with E-state index in [0.717, 1.165) is 25.7 Å². The molecule has 0 unspecified atom stereocenters. The molecule has 4 N–H and O–H groups in total. The summed E-state index contributed by atoms with van der Waals surface area (Å²) in [6.07, 6.45) is 6.04. The van der Waals surface area contributed by atoms with E-state index in [1.165, 1.54) is 6.20 Å². The van der Waals surface area contributed by atoms with Crippen LogP contribution in [0, 0.1) is 0 Å². The predicted molar refractivity (Wildman–Crippen MR) is 98.1 cm³/mol. The molecule has 1 aromatic rings. The van der Waals surface area contributed by atoms with Crippen molar-refractivity contribution in [2.24, 2.45) is 5.73 Å². The highest BCUT2D eigenvalue weighted by molar-refractivity contribution is 5.97. The first-order valence-electron chi connectivity index (χ1n) is 9.47. The molecule has 150 valence electrons. The Hall–Kier alpha value is -2.03. The van der Waals surface area contributed by atoms with Crippen molar-refractivity contribution in [3.05, 3.63) is 11.8 Å². The minimum Gasteiger partial charge on any atom is -0.381 e. The summed E-state index contributed by atoms with van der Waals surface area (Å²) in [4.78, 5) is 20.2. The summed E-state index contributed by atoms with van der Waals surface area (Å²) in [5.74, 6) is -2.80. The van der Waals surface area contributed by atoms with E-state index < -0.39 is 17.9 Å². The topological polar surface area (TPSA) is 102 Å². The summed E-state index contributed by atoms with van der Waals surface area (Å²) >= 11 is 0. The lowest BCUT2D eigenvalue weighted by molar-refractivity contribution is -0.0373. The van der Waals surface area contributed by atoms with Crippen LogP contribution in [0.2, 0.25) is 0 Å². The lowest BCUT2D eigenvalue weighted by Crippen LogP contribution is -2.35. The Kier molecular flexibility index (Phi) is 6.08. The standard InChI is InChI=1S/C18H27F2N5O2/c1-27-13-6-4-11(5-7-13)24-17-22-10-14(15(21)26)16(25-17)23-12-3-2-8-18(19,20)9-12/h10-13H,2-9H2,1H3,(H2,21,26)(H2,22,23,24,25)/t11?,12-,13?/m0/s1. The van der Waals surface area contributed by atoms with Crippen LogP contribution >= 0.6 is 0 Å². The van der Waals surface area contributed by atoms with Crippen molar-refractivity contribution < 1.29 is 18.3 Å². The third kappa shape index (κ3) is 5.24. The summed E-state index contributed by atoms with van der Waals surface area (Å²) < 4.78 is 32.7. The Morgan fingerprint density at radius 2 is 1.96 bits per heavy atom. The second kappa shape index (κ2) is 8.33. The van der Waals surface area contributed by atoms with Crippen molar-refractivity contribution in [2.75, 3.05) is 17.7 Å². The zero-order valence-corrected chi connectivity index (χ0v) is 15.5. The van der Waals surface area contributed by atoms with E-state index in [4.69, 9.17) is 10.5 Å². The van der Waals surface area contributed by atoms with Crippen LogP contribution in [0.15, 0.2) is 6.20 Å². The minimum absolute atomic E-state index is 0.103. The van der Waals surface area contributed by atoms with E-state index in [1.54, 1.807) is 7.11 Å². The zero-order valence-electron chi connectivity index (χ0n) is 15.5. The van der Waals surface area contributed by atoms with Crippen LogP contribution in [0.5, 0.6) is 0 Å². The van der Waals surface area contributed by atoms with Crippen molar-refractivity contribution in [2.45, 2.75) is 75.5 Å². The smallest absolute Gasteiger partial charge is 0.254 e. The van der Waals surface area contributed by atoms with Gasteiger partial charge >= 0.3 is 0 Å². The highest BCUT2D eigenvalue weighted by Gasteiger charge is 2.36. The van der Waals surface area contributed by atoms with Gasteiger partial charge in [-0.2, -0.15) is 4.98 Å². The SMILES string of the molecule is COC1CCC(Nc2ncc(C(N)=O)c(N[C@H]3CCCC(F)(F)C3)n2)CC1. The number of rotatable bonds is 6. The van der Waals surface area contributed by atoms with Crippen LogP contribution < -0.4 is 16.4 Å². The number of primary amides is 1. The molecular formula is C18H27F2N5O2. The molecule has 27 heavy (non-hydrogen) atoms. The fraction of sp³-hybridized carbons (Fsp3) is 0.722. The Bertz CT molecular complexity index is 665. The van der Waals surface area contributed by atoms with Crippen molar-refractivity contribution >= 4 is 17.7 Å². The van der Waals surface area contributed by atoms with Crippen LogP contribution in [0.4, 0.5) is 20.5 Å². The Morgan fingerprint density at radius 1 is 1.22 bits per heavy atom. The van der Waals surface area contributed by atoms with Gasteiger partial charge in [-0.3, -0.25) is 4.79 Å². The number of halogens is 2. The highest BCUT2D eigenvalue weighted by Crippen LogP contribution is 2.34. The number of amides is 1. The van der Waals surface area contributed by atoms with Gasteiger partial charge in [-0.05, 0) is 38.5 Å². The van der Waals surface area contributed by atoms with Gasteiger partial charge in [0.1, 0.15) is 5.82 Å². The normalized spacial score (nSPS) is 27.7. The minimum atomic E-state index is -2.70. The van der Waals surface area contributed by atoms with E-state index >= 15 is 0 Å². The molecule has 0 spiro atoms. The first-order valence-corrected chi connectivity index (χ1v) is 9.47. The number of nitrogens with one attached hydrogen (secondary N) is 2. The van der Waals surface area contributed by atoms with E-state index in [1.807, 2.05) is 0 Å². The third-order valence-corrected chi connectivity index (χ3v) is 5.38. The van der Waals surface area contributed by atoms with Gasteiger partial charge in [-0.1, -0.05) is 0 Å². The fourth-order valence-corrected chi connectivity index (χ4v) is 3.86. The van der Waals surface area contributed by atoms with Gasteiger partial charge in [-0.15, -0.1) is 0 Å². The summed E-state index contributed by atoms with van der Waals surface area (Å²) in [7, 11) is 1.72. The number of carbonyl (C=O) groups is 1. The average molecular weight is 383 g/mol. The summed E-state index contributed by atoms with van der Waals surface area (Å²) in [5, 5.41) is 6.26. The number of nitrogens with zero attached hydrogens (tertiary/aromatic N) is 2. The molecule has 2 aliphatic carbocycles. The van der Waals surface area contributed by atoms with Crippen molar-refractivity contribution in [3.63, 3.8) is 0 Å². The molecule has 2 aliphatic rings. The summed E-state index contributed by atoms with van der Waals surface area (Å²) in [6, 6.07) is -0.241. The Balaban J connectivity index is 1.70. The molecule has 7 nitrogen and oxygen atoms in total. The maximum Gasteiger partial charge on any atom is 0.254 e. The molecule has 1 heterocycles. The number of alkyl halides is 2. The summed E-state index contributed by atoms with van der Waals surface area (Å²) in [5.41, 5.74) is 5.51. The molecular weight excluding hydrogens is 356 g/mol. The summed E-state index contributed by atoms with van der Waals surface area (Å²) in [6.45, 7) is 0. The molecule has 0 aliphatic heterocycles. The van der Waals surface area contributed by atoms with Crippen LogP contribution in [0.3, 0.4) is 0 Å². The number of hydrogen-bond donors (Lipinski definition) is 3. The molecule has 1 atom stereocenters. The van der Waals surface area contributed by atoms with Crippen LogP contribution in [-0.4, -0.2) is 47.1 Å². The van der Waals surface area contributed by atoms with E-state index in [2.05, 4.69) is 20.6 Å². The van der Waals surface area contributed by atoms with Crippen LogP contribution in [0.1, 0.15) is 61.7 Å². The number of aromatic nitrogens is 2. The molecule has 2 saturated carbocycles. The molecule has 1 amide bonds. The Labute approximate surface area is 157 Å². The van der Waals surface area contributed by atoms with Crippen LogP contribution in [-0.2, 0) is 4.74 Å². The first kappa shape index (κ1) is 19.7. The number of hydrogen-bond acceptors (Lipinski definition) is 6. The monoisotopic (exact) mass is 383 g/mol. The van der Waals surface area contributed by atoms with Gasteiger partial charge in [0.15, 0.2) is 0 Å². The quantitative estimate of drug-likeness (QED) is 0.698. The molecule has 0 bridgehead atoms. The van der Waals surface area contributed by atoms with Gasteiger partial charge < -0.3 is 21.1 Å². The second-order valence-electron chi connectivity index (χ2n) is 7.47. The van der Waals surface area contributed by atoms with Gasteiger partial charge in [0.2, 0.25) is 11.9 Å². The van der Waals surface area contributed by atoms with E-state index in [9.17, 15) is 13.6 Å². The number of ether oxygens (including phenoxy) is 1. The molecule has 1 aromatic heterocycles. The van der Waals surface area contributed by atoms with Crippen molar-refractivity contribution in [1.29, 1.82) is 0 Å². The van der Waals surface area contributed by atoms with Crippen LogP contribution in [0.25, 0.3) is 0 Å². The maximum absolute atomic E-state index is 13.7. The molecule has 9 heteroatoms. The number of carbonyl (C=O) groups excluding carboxylic acids is 1. The van der Waals surface area contributed by atoms with E-state index in [-0.39, 0.29) is 36.4 Å². The molecule has 2 fully saturated rings. The van der Waals surface area contributed by atoms with Gasteiger partial charge in [0, 0.05) is 38.2 Å². The second-order valence-corrected chi connectivity index (χ2v) is 7.47. The zero-order chi connectivity index (χ0) is 19.4. The predicted octanol–water partition coefficient (Wildman–Crippen LogP) is 2.93. The van der Waals surface area contributed by atoms with E-state index in [0.29, 0.717) is 18.8 Å². The fourth-order valence-electron chi connectivity index (χ4n) is 3.86. The largest absolute Gasteiger partial charge is 0.381 e. The average Bonchev–Trinajstić information content (AvgIpc) is 2.61. The highest BCUT2D eigenvalue weighted by atomic mass is 19.3. The first-order chi connectivity index (χ1) is 12.9. The third-order valence-electron chi connectivity index (χ3n) is 5.38. The van der Waals surface area contributed by atoms with Crippen molar-refractivity contribution in [3.8, 4) is 0 Å². The van der Waals surface area contributed by atoms with Gasteiger partial charge in [-0.25, -0.2) is 13.8 Å². The van der Waals surface area contributed by atoms with Gasteiger partial charge in [0.05, 0.1) is 11.7 Å². The van der Waals surface area contributed by atoms with Gasteiger partial charge in [0.25, 0.3) is 5.91 Å². The number of methoxy groups -OCH3 is 1. The molecule has 3 rings (SSSR count). The lowest BCUT2D eigenvalue weighted by atomic mass is 9.92. The number of nitrogens with two attached hydrogens (primary N) is 1. The molecule has 0 radical (unpaired) electrons. The lowest BCUT2D eigenvalue weighted by Gasteiger charge is -2.30. The maximum atomic E-state index is 13.7. The molecule has 0 aromatic carbocycles. The molecule has 0 saturated heterocycles. The Morgan fingerprint density at radius 3 is 2.59 bits per heavy atom.